The van der Waals surface area contributed by atoms with Crippen molar-refractivity contribution < 1.29 is 4.79 Å². The molecular formula is C15H23NO. The zero-order valence-corrected chi connectivity index (χ0v) is 11.3. The fraction of sp³-hybridized carbons (Fsp3) is 0.533. The summed E-state index contributed by atoms with van der Waals surface area (Å²) in [7, 11) is 0. The average molecular weight is 233 g/mol. The van der Waals surface area contributed by atoms with Gasteiger partial charge in [-0.15, -0.1) is 0 Å². The van der Waals surface area contributed by atoms with Crippen LogP contribution in [0.15, 0.2) is 18.2 Å². The van der Waals surface area contributed by atoms with E-state index in [1.807, 2.05) is 6.07 Å². The molecule has 1 aromatic rings. The molecule has 0 radical (unpaired) electrons. The summed E-state index contributed by atoms with van der Waals surface area (Å²) >= 11 is 0. The third-order valence-electron chi connectivity index (χ3n) is 2.98. The number of hydrogen-bond donors (Lipinski definition) is 1. The molecule has 94 valence electrons. The second-order valence-electron chi connectivity index (χ2n) is 5.13. The smallest absolute Gasteiger partial charge is 0.224 e. The Bertz CT molecular complexity index is 383. The molecule has 0 unspecified atom stereocenters. The van der Waals surface area contributed by atoms with Crippen LogP contribution in [0.2, 0.25) is 0 Å². The minimum Gasteiger partial charge on any atom is -0.356 e. The molecule has 0 saturated carbocycles. The molecule has 0 heterocycles. The van der Waals surface area contributed by atoms with Crippen molar-refractivity contribution in [3.63, 3.8) is 0 Å². The predicted molar refractivity (Wildman–Crippen MR) is 72.1 cm³/mol. The highest BCUT2D eigenvalue weighted by atomic mass is 16.1. The van der Waals surface area contributed by atoms with Gasteiger partial charge in [-0.2, -0.15) is 0 Å². The van der Waals surface area contributed by atoms with Crippen molar-refractivity contribution in [3.8, 4) is 0 Å². The van der Waals surface area contributed by atoms with E-state index >= 15 is 0 Å². The van der Waals surface area contributed by atoms with Crippen molar-refractivity contribution in [3.05, 3.63) is 34.9 Å². The van der Waals surface area contributed by atoms with Gasteiger partial charge >= 0.3 is 0 Å². The summed E-state index contributed by atoms with van der Waals surface area (Å²) in [6.45, 7) is 9.27. The van der Waals surface area contributed by atoms with Crippen molar-refractivity contribution in [2.45, 2.75) is 40.5 Å². The number of amides is 1. The van der Waals surface area contributed by atoms with E-state index in [1.54, 1.807) is 0 Å². The van der Waals surface area contributed by atoms with Crippen molar-refractivity contribution in [1.82, 2.24) is 5.32 Å². The standard InChI is InChI=1S/C15H23NO/c1-11(2)7-8-16-15(17)10-14-6-5-12(3)13(4)9-14/h5-6,9,11H,7-8,10H2,1-4H3,(H,16,17). The molecule has 1 aromatic carbocycles. The predicted octanol–water partition coefficient (Wildman–Crippen LogP) is 3.01. The highest BCUT2D eigenvalue weighted by Crippen LogP contribution is 2.10. The molecule has 0 spiro atoms. The summed E-state index contributed by atoms with van der Waals surface area (Å²) in [5.74, 6) is 0.755. The topological polar surface area (TPSA) is 29.1 Å². The lowest BCUT2D eigenvalue weighted by Gasteiger charge is -2.08. The van der Waals surface area contributed by atoms with E-state index in [-0.39, 0.29) is 5.91 Å². The molecule has 0 aliphatic carbocycles. The highest BCUT2D eigenvalue weighted by molar-refractivity contribution is 5.78. The first-order valence-corrected chi connectivity index (χ1v) is 6.32. The first kappa shape index (κ1) is 13.8. The lowest BCUT2D eigenvalue weighted by molar-refractivity contribution is -0.120. The molecular weight excluding hydrogens is 210 g/mol. The van der Waals surface area contributed by atoms with Crippen LogP contribution in [0.3, 0.4) is 0 Å². The van der Waals surface area contributed by atoms with E-state index in [1.165, 1.54) is 11.1 Å². The van der Waals surface area contributed by atoms with Crippen LogP contribution in [0.25, 0.3) is 0 Å². The molecule has 0 aliphatic heterocycles. The summed E-state index contributed by atoms with van der Waals surface area (Å²) < 4.78 is 0. The number of hydrogen-bond acceptors (Lipinski definition) is 1. The van der Waals surface area contributed by atoms with Crippen LogP contribution in [0.5, 0.6) is 0 Å². The molecule has 0 saturated heterocycles. The van der Waals surface area contributed by atoms with Crippen LogP contribution in [0.1, 0.15) is 37.0 Å². The third kappa shape index (κ3) is 5.03. The number of carbonyl (C=O) groups excluding carboxylic acids is 1. The van der Waals surface area contributed by atoms with Crippen LogP contribution in [0.4, 0.5) is 0 Å². The third-order valence-corrected chi connectivity index (χ3v) is 2.98. The lowest BCUT2D eigenvalue weighted by atomic mass is 10.0. The van der Waals surface area contributed by atoms with Gasteiger partial charge in [-0.25, -0.2) is 0 Å². The van der Waals surface area contributed by atoms with E-state index in [0.717, 1.165) is 18.5 Å². The maximum absolute atomic E-state index is 11.7. The number of benzene rings is 1. The summed E-state index contributed by atoms with van der Waals surface area (Å²) in [6, 6.07) is 6.20. The minimum absolute atomic E-state index is 0.119. The SMILES string of the molecule is Cc1ccc(CC(=O)NCCC(C)C)cc1C. The van der Waals surface area contributed by atoms with Gasteiger partial charge in [0.05, 0.1) is 6.42 Å². The minimum atomic E-state index is 0.119. The van der Waals surface area contributed by atoms with Crippen LogP contribution >= 0.6 is 0 Å². The Morgan fingerprint density at radius 3 is 2.53 bits per heavy atom. The highest BCUT2D eigenvalue weighted by Gasteiger charge is 2.04. The molecule has 2 nitrogen and oxygen atoms in total. The molecule has 0 aliphatic rings. The molecule has 1 amide bonds. The quantitative estimate of drug-likeness (QED) is 0.832. The largest absolute Gasteiger partial charge is 0.356 e. The Kier molecular flexibility index (Phi) is 5.20. The summed E-state index contributed by atoms with van der Waals surface area (Å²) in [6.07, 6.45) is 1.53. The molecule has 0 aromatic heterocycles. The molecule has 2 heteroatoms. The Morgan fingerprint density at radius 1 is 1.24 bits per heavy atom. The molecule has 1 rings (SSSR count). The second kappa shape index (κ2) is 6.43. The molecule has 0 fully saturated rings. The van der Waals surface area contributed by atoms with Gasteiger partial charge in [0.2, 0.25) is 5.91 Å². The first-order chi connectivity index (χ1) is 7.99. The van der Waals surface area contributed by atoms with E-state index < -0.39 is 0 Å². The van der Waals surface area contributed by atoms with Gasteiger partial charge in [0.1, 0.15) is 0 Å². The van der Waals surface area contributed by atoms with Crippen LogP contribution < -0.4 is 5.32 Å². The van der Waals surface area contributed by atoms with Crippen molar-refractivity contribution in [1.29, 1.82) is 0 Å². The van der Waals surface area contributed by atoms with Gasteiger partial charge in [-0.3, -0.25) is 4.79 Å². The maximum atomic E-state index is 11.7. The Morgan fingerprint density at radius 2 is 1.94 bits per heavy atom. The average Bonchev–Trinajstić information content (AvgIpc) is 2.23. The fourth-order valence-corrected chi connectivity index (χ4v) is 1.66. The van der Waals surface area contributed by atoms with Gasteiger partial charge in [0.25, 0.3) is 0 Å². The van der Waals surface area contributed by atoms with Crippen molar-refractivity contribution in [2.75, 3.05) is 6.54 Å². The Labute approximate surface area is 104 Å². The van der Waals surface area contributed by atoms with Gasteiger partial charge < -0.3 is 5.32 Å². The van der Waals surface area contributed by atoms with Gasteiger partial charge in [0, 0.05) is 6.54 Å². The number of aryl methyl sites for hydroxylation is 2. The molecule has 0 bridgehead atoms. The van der Waals surface area contributed by atoms with Crippen LogP contribution in [0, 0.1) is 19.8 Å². The monoisotopic (exact) mass is 233 g/mol. The molecule has 17 heavy (non-hydrogen) atoms. The normalized spacial score (nSPS) is 10.6. The van der Waals surface area contributed by atoms with E-state index in [2.05, 4.69) is 45.1 Å². The zero-order valence-electron chi connectivity index (χ0n) is 11.3. The van der Waals surface area contributed by atoms with Gasteiger partial charge in [0.15, 0.2) is 0 Å². The number of rotatable bonds is 5. The van der Waals surface area contributed by atoms with E-state index in [9.17, 15) is 4.79 Å². The summed E-state index contributed by atoms with van der Waals surface area (Å²) in [5.41, 5.74) is 3.61. The Balaban J connectivity index is 2.42. The van der Waals surface area contributed by atoms with Crippen molar-refractivity contribution in [2.24, 2.45) is 5.92 Å². The van der Waals surface area contributed by atoms with E-state index in [4.69, 9.17) is 0 Å². The summed E-state index contributed by atoms with van der Waals surface area (Å²) in [4.78, 5) is 11.7. The maximum Gasteiger partial charge on any atom is 0.224 e. The first-order valence-electron chi connectivity index (χ1n) is 6.32. The van der Waals surface area contributed by atoms with Gasteiger partial charge in [-0.05, 0) is 42.9 Å². The zero-order chi connectivity index (χ0) is 12.8. The van der Waals surface area contributed by atoms with Crippen LogP contribution in [-0.4, -0.2) is 12.5 Å². The Hall–Kier alpha value is -1.31. The number of nitrogens with one attached hydrogen (secondary N) is 1. The lowest BCUT2D eigenvalue weighted by Crippen LogP contribution is -2.26. The molecule has 1 N–H and O–H groups in total. The second-order valence-corrected chi connectivity index (χ2v) is 5.13. The summed E-state index contributed by atoms with van der Waals surface area (Å²) in [5, 5.41) is 2.96. The molecule has 0 atom stereocenters. The van der Waals surface area contributed by atoms with E-state index in [0.29, 0.717) is 12.3 Å². The fourth-order valence-electron chi connectivity index (χ4n) is 1.66. The van der Waals surface area contributed by atoms with Crippen molar-refractivity contribution >= 4 is 5.91 Å². The number of carbonyl (C=O) groups is 1. The van der Waals surface area contributed by atoms with Crippen LogP contribution in [-0.2, 0) is 11.2 Å². The van der Waals surface area contributed by atoms with Gasteiger partial charge in [-0.1, -0.05) is 32.0 Å².